The smallest absolute Gasteiger partial charge is 0.276 e. The van der Waals surface area contributed by atoms with Crippen LogP contribution >= 0.6 is 11.8 Å². The summed E-state index contributed by atoms with van der Waals surface area (Å²) in [6.07, 6.45) is 0. The molecule has 0 unspecified atom stereocenters. The van der Waals surface area contributed by atoms with Gasteiger partial charge in [0.15, 0.2) is 0 Å². The summed E-state index contributed by atoms with van der Waals surface area (Å²) in [6, 6.07) is 6.16. The van der Waals surface area contributed by atoms with E-state index in [-0.39, 0.29) is 0 Å². The first-order valence-electron chi connectivity index (χ1n) is 6.24. The first kappa shape index (κ1) is 12.3. The Morgan fingerprint density at radius 2 is 2.11 bits per heavy atom. The van der Waals surface area contributed by atoms with Gasteiger partial charge in [-0.1, -0.05) is 18.7 Å². The van der Waals surface area contributed by atoms with Crippen molar-refractivity contribution >= 4 is 22.7 Å². The predicted octanol–water partition coefficient (Wildman–Crippen LogP) is 3.95. The molecule has 2 heterocycles. The molecule has 0 radical (unpaired) electrons. The molecule has 0 amide bonds. The average Bonchev–Trinajstić information content (AvgIpc) is 2.97. The number of fused-ring (bicyclic) bond motifs is 1. The molecular weight excluding hydrogens is 258 g/mol. The van der Waals surface area contributed by atoms with E-state index >= 15 is 0 Å². The van der Waals surface area contributed by atoms with Gasteiger partial charge in [0.1, 0.15) is 0 Å². The standard InChI is InChI=1S/C14H15N3OS/c1-4-19-14-17-16-13(18-14)10-5-6-12-11(7-10)8(2)9(3)15-12/h5-7,15H,4H2,1-3H3. The zero-order valence-corrected chi connectivity index (χ0v) is 12.0. The third-order valence-electron chi connectivity index (χ3n) is 3.23. The molecule has 19 heavy (non-hydrogen) atoms. The molecule has 0 saturated heterocycles. The highest BCUT2D eigenvalue weighted by Gasteiger charge is 2.11. The Hall–Kier alpha value is -1.75. The van der Waals surface area contributed by atoms with Gasteiger partial charge in [-0.2, -0.15) is 0 Å². The summed E-state index contributed by atoms with van der Waals surface area (Å²) in [5, 5.41) is 9.96. The Kier molecular flexibility index (Phi) is 3.06. The van der Waals surface area contributed by atoms with Crippen LogP contribution in [0.1, 0.15) is 18.2 Å². The summed E-state index contributed by atoms with van der Waals surface area (Å²) in [5.74, 6) is 1.51. The first-order chi connectivity index (χ1) is 9.19. The SMILES string of the molecule is CCSc1nnc(-c2ccc3[nH]c(C)c(C)c3c2)o1. The van der Waals surface area contributed by atoms with Gasteiger partial charge in [-0.15, -0.1) is 10.2 Å². The van der Waals surface area contributed by atoms with Crippen LogP contribution in [0.3, 0.4) is 0 Å². The lowest BCUT2D eigenvalue weighted by Gasteiger charge is -1.96. The monoisotopic (exact) mass is 273 g/mol. The molecule has 98 valence electrons. The van der Waals surface area contributed by atoms with Gasteiger partial charge >= 0.3 is 0 Å². The van der Waals surface area contributed by atoms with Crippen LogP contribution in [0.2, 0.25) is 0 Å². The maximum Gasteiger partial charge on any atom is 0.276 e. The van der Waals surface area contributed by atoms with Gasteiger partial charge in [-0.3, -0.25) is 0 Å². The highest BCUT2D eigenvalue weighted by molar-refractivity contribution is 7.99. The molecule has 0 fully saturated rings. The highest BCUT2D eigenvalue weighted by Crippen LogP contribution is 2.28. The average molecular weight is 273 g/mol. The number of aromatic amines is 1. The van der Waals surface area contributed by atoms with E-state index in [1.807, 2.05) is 6.07 Å². The second kappa shape index (κ2) is 4.74. The minimum atomic E-state index is 0.580. The molecule has 0 saturated carbocycles. The third-order valence-corrected chi connectivity index (χ3v) is 3.93. The summed E-state index contributed by atoms with van der Waals surface area (Å²) in [5.41, 5.74) is 4.56. The molecule has 0 spiro atoms. The number of benzene rings is 1. The van der Waals surface area contributed by atoms with E-state index in [1.54, 1.807) is 11.8 Å². The summed E-state index contributed by atoms with van der Waals surface area (Å²) in [6.45, 7) is 6.26. The molecule has 1 aromatic carbocycles. The zero-order chi connectivity index (χ0) is 13.4. The Morgan fingerprint density at radius 3 is 2.89 bits per heavy atom. The number of hydrogen-bond donors (Lipinski definition) is 1. The molecule has 3 aromatic rings. The fraction of sp³-hybridized carbons (Fsp3) is 0.286. The maximum absolute atomic E-state index is 5.64. The fourth-order valence-electron chi connectivity index (χ4n) is 2.10. The van der Waals surface area contributed by atoms with E-state index in [9.17, 15) is 0 Å². The maximum atomic E-state index is 5.64. The van der Waals surface area contributed by atoms with E-state index in [0.29, 0.717) is 11.1 Å². The molecule has 4 nitrogen and oxygen atoms in total. The van der Waals surface area contributed by atoms with Crippen molar-refractivity contribution in [1.29, 1.82) is 0 Å². The number of nitrogens with one attached hydrogen (secondary N) is 1. The van der Waals surface area contributed by atoms with Crippen molar-refractivity contribution in [3.8, 4) is 11.5 Å². The zero-order valence-electron chi connectivity index (χ0n) is 11.2. The van der Waals surface area contributed by atoms with Crippen LogP contribution < -0.4 is 0 Å². The van der Waals surface area contributed by atoms with E-state index in [4.69, 9.17) is 4.42 Å². The van der Waals surface area contributed by atoms with Gasteiger partial charge in [0.25, 0.3) is 5.22 Å². The van der Waals surface area contributed by atoms with E-state index in [2.05, 4.69) is 48.1 Å². The minimum Gasteiger partial charge on any atom is -0.411 e. The molecule has 0 bridgehead atoms. The van der Waals surface area contributed by atoms with Crippen LogP contribution in [0.15, 0.2) is 27.8 Å². The second-order valence-electron chi connectivity index (χ2n) is 4.44. The van der Waals surface area contributed by atoms with Crippen LogP contribution in [0.4, 0.5) is 0 Å². The van der Waals surface area contributed by atoms with Crippen molar-refractivity contribution < 1.29 is 4.42 Å². The molecule has 1 N–H and O–H groups in total. The van der Waals surface area contributed by atoms with Crippen LogP contribution in [0, 0.1) is 13.8 Å². The number of aromatic nitrogens is 3. The van der Waals surface area contributed by atoms with Gasteiger partial charge in [0, 0.05) is 22.2 Å². The second-order valence-corrected chi connectivity index (χ2v) is 5.66. The lowest BCUT2D eigenvalue weighted by molar-refractivity contribution is 0.466. The number of rotatable bonds is 3. The van der Waals surface area contributed by atoms with Crippen molar-refractivity contribution in [1.82, 2.24) is 15.2 Å². The quantitative estimate of drug-likeness (QED) is 0.734. The van der Waals surface area contributed by atoms with Gasteiger partial charge in [-0.25, -0.2) is 0 Å². The Balaban J connectivity index is 2.06. The Labute approximate surface area is 115 Å². The topological polar surface area (TPSA) is 54.7 Å². The van der Waals surface area contributed by atoms with Crippen LogP contribution in [-0.4, -0.2) is 20.9 Å². The number of hydrogen-bond acceptors (Lipinski definition) is 4. The summed E-state index contributed by atoms with van der Waals surface area (Å²) < 4.78 is 5.64. The summed E-state index contributed by atoms with van der Waals surface area (Å²) in [7, 11) is 0. The molecule has 0 aliphatic carbocycles. The summed E-state index contributed by atoms with van der Waals surface area (Å²) in [4.78, 5) is 3.36. The van der Waals surface area contributed by atoms with Crippen molar-refractivity contribution in [3.63, 3.8) is 0 Å². The Morgan fingerprint density at radius 1 is 1.26 bits per heavy atom. The Bertz CT molecular complexity index is 729. The molecule has 0 atom stereocenters. The molecule has 5 heteroatoms. The first-order valence-corrected chi connectivity index (χ1v) is 7.23. The minimum absolute atomic E-state index is 0.580. The molecule has 0 aliphatic heterocycles. The molecule has 3 rings (SSSR count). The highest BCUT2D eigenvalue weighted by atomic mass is 32.2. The van der Waals surface area contributed by atoms with Crippen molar-refractivity contribution in [2.24, 2.45) is 0 Å². The number of aryl methyl sites for hydroxylation is 2. The molecule has 2 aromatic heterocycles. The largest absolute Gasteiger partial charge is 0.411 e. The van der Waals surface area contributed by atoms with Gasteiger partial charge in [0.2, 0.25) is 5.89 Å². The molecular formula is C14H15N3OS. The van der Waals surface area contributed by atoms with Gasteiger partial charge in [0.05, 0.1) is 0 Å². The summed E-state index contributed by atoms with van der Waals surface area (Å²) >= 11 is 1.56. The number of nitrogens with zero attached hydrogens (tertiary/aromatic N) is 2. The van der Waals surface area contributed by atoms with E-state index in [1.165, 1.54) is 16.6 Å². The number of thioether (sulfide) groups is 1. The van der Waals surface area contributed by atoms with E-state index < -0.39 is 0 Å². The number of H-pyrrole nitrogens is 1. The predicted molar refractivity (Wildman–Crippen MR) is 77.5 cm³/mol. The van der Waals surface area contributed by atoms with Crippen LogP contribution in [0.5, 0.6) is 0 Å². The lowest BCUT2D eigenvalue weighted by Crippen LogP contribution is -1.78. The normalized spacial score (nSPS) is 11.3. The fourth-order valence-corrected chi connectivity index (χ4v) is 2.59. The van der Waals surface area contributed by atoms with E-state index in [0.717, 1.165) is 16.8 Å². The van der Waals surface area contributed by atoms with Gasteiger partial charge in [-0.05, 0) is 43.4 Å². The van der Waals surface area contributed by atoms with Crippen molar-refractivity contribution in [2.45, 2.75) is 26.0 Å². The molecule has 0 aliphatic rings. The van der Waals surface area contributed by atoms with Crippen LogP contribution in [-0.2, 0) is 0 Å². The van der Waals surface area contributed by atoms with Crippen LogP contribution in [0.25, 0.3) is 22.4 Å². The third kappa shape index (κ3) is 2.14. The van der Waals surface area contributed by atoms with Gasteiger partial charge < -0.3 is 9.40 Å². The van der Waals surface area contributed by atoms with Crippen molar-refractivity contribution in [3.05, 3.63) is 29.5 Å². The lowest BCUT2D eigenvalue weighted by atomic mass is 10.1. The van der Waals surface area contributed by atoms with Crippen molar-refractivity contribution in [2.75, 3.05) is 5.75 Å².